The minimum absolute atomic E-state index is 0.124. The summed E-state index contributed by atoms with van der Waals surface area (Å²) in [4.78, 5) is 31.1. The Bertz CT molecular complexity index is 1840. The van der Waals surface area contributed by atoms with Crippen LogP contribution < -0.4 is 15.5 Å². The zero-order valence-electron chi connectivity index (χ0n) is 27.8. The topological polar surface area (TPSA) is 119 Å². The van der Waals surface area contributed by atoms with Crippen LogP contribution in [0, 0.1) is 5.41 Å². The highest BCUT2D eigenvalue weighted by Crippen LogP contribution is 2.61. The molecule has 8 rings (SSSR count). The van der Waals surface area contributed by atoms with Gasteiger partial charge >= 0.3 is 6.09 Å². The van der Waals surface area contributed by atoms with E-state index in [0.717, 1.165) is 110 Å². The number of rotatable bonds is 4. The highest BCUT2D eigenvalue weighted by molar-refractivity contribution is 9.10. The number of anilines is 2. The number of pyridine rings is 1. The summed E-state index contributed by atoms with van der Waals surface area (Å²) in [5, 5.41) is 12.1. The maximum atomic E-state index is 13.4. The van der Waals surface area contributed by atoms with Gasteiger partial charge in [-0.3, -0.25) is 4.98 Å². The Kier molecular flexibility index (Phi) is 8.16. The molecule has 1 spiro atoms. The lowest BCUT2D eigenvalue weighted by Gasteiger charge is -2.44. The molecule has 252 valence electrons. The summed E-state index contributed by atoms with van der Waals surface area (Å²) >= 11 is 3.93. The van der Waals surface area contributed by atoms with Crippen LogP contribution in [0.3, 0.4) is 0 Å². The Morgan fingerprint density at radius 1 is 1.08 bits per heavy atom. The Hall–Kier alpha value is -3.61. The summed E-state index contributed by atoms with van der Waals surface area (Å²) in [6, 6.07) is 12.3. The van der Waals surface area contributed by atoms with E-state index < -0.39 is 11.7 Å². The molecular formula is C36H43BrN8O3. The Balaban J connectivity index is 1.29. The highest BCUT2D eigenvalue weighted by Gasteiger charge is 2.56. The summed E-state index contributed by atoms with van der Waals surface area (Å²) in [7, 11) is 0. The first-order chi connectivity index (χ1) is 23.2. The average molecular weight is 716 g/mol. The van der Waals surface area contributed by atoms with Crippen LogP contribution in [-0.4, -0.2) is 62.7 Å². The van der Waals surface area contributed by atoms with Crippen molar-refractivity contribution < 1.29 is 14.3 Å². The monoisotopic (exact) mass is 714 g/mol. The van der Waals surface area contributed by atoms with Crippen molar-refractivity contribution in [3.63, 3.8) is 0 Å². The SMILES string of the molecule is CC(C)(C)OC(=O)N[C@@H]1c2ccccc2[C@@H](c2nc3c(nc2Br)c(N2CCCc4ncccc42)nn3C2CCCCO2)C12CCNCC2. The number of nitrogens with zero attached hydrogens (tertiary/aromatic N) is 6. The molecule has 1 aliphatic carbocycles. The van der Waals surface area contributed by atoms with Gasteiger partial charge in [-0.05, 0) is 118 Å². The molecular weight excluding hydrogens is 672 g/mol. The number of piperidine rings is 1. The van der Waals surface area contributed by atoms with E-state index in [4.69, 9.17) is 24.5 Å². The highest BCUT2D eigenvalue weighted by atomic mass is 79.9. The van der Waals surface area contributed by atoms with Crippen LogP contribution in [0.25, 0.3) is 11.2 Å². The fourth-order valence-electron chi connectivity index (χ4n) is 8.38. The van der Waals surface area contributed by atoms with Crippen molar-refractivity contribution >= 4 is 44.7 Å². The zero-order valence-corrected chi connectivity index (χ0v) is 29.4. The second-order valence-electron chi connectivity index (χ2n) is 14.5. The van der Waals surface area contributed by atoms with E-state index in [-0.39, 0.29) is 23.6 Å². The van der Waals surface area contributed by atoms with Crippen molar-refractivity contribution in [1.82, 2.24) is 35.4 Å². The minimum Gasteiger partial charge on any atom is -0.444 e. The number of aryl methyl sites for hydroxylation is 1. The first-order valence-electron chi connectivity index (χ1n) is 17.3. The number of hydrogen-bond acceptors (Lipinski definition) is 9. The maximum Gasteiger partial charge on any atom is 0.408 e. The summed E-state index contributed by atoms with van der Waals surface area (Å²) < 4.78 is 14.8. The molecule has 0 radical (unpaired) electrons. The first kappa shape index (κ1) is 31.6. The second kappa shape index (κ2) is 12.4. The molecule has 11 nitrogen and oxygen atoms in total. The van der Waals surface area contributed by atoms with Crippen molar-refractivity contribution in [3.05, 3.63) is 69.7 Å². The number of halogens is 1. The summed E-state index contributed by atoms with van der Waals surface area (Å²) in [6.07, 6.45) is 7.83. The number of fused-ring (bicyclic) bond motifs is 3. The molecule has 1 unspecified atom stereocenters. The van der Waals surface area contributed by atoms with E-state index in [9.17, 15) is 4.79 Å². The molecule has 12 heteroatoms. The third-order valence-electron chi connectivity index (χ3n) is 10.4. The number of alkyl carbamates (subject to hydrolysis) is 1. The summed E-state index contributed by atoms with van der Waals surface area (Å²) in [6.45, 7) is 8.88. The van der Waals surface area contributed by atoms with Crippen molar-refractivity contribution in [2.75, 3.05) is 31.1 Å². The fourth-order valence-corrected chi connectivity index (χ4v) is 8.87. The molecule has 3 aliphatic heterocycles. The number of amides is 1. The van der Waals surface area contributed by atoms with E-state index in [2.05, 4.69) is 66.8 Å². The molecule has 2 N–H and O–H groups in total. The smallest absolute Gasteiger partial charge is 0.408 e. The maximum absolute atomic E-state index is 13.4. The van der Waals surface area contributed by atoms with Gasteiger partial charge in [-0.15, -0.1) is 5.10 Å². The number of ether oxygens (including phenoxy) is 2. The molecule has 2 fully saturated rings. The van der Waals surface area contributed by atoms with Gasteiger partial charge < -0.3 is 25.0 Å². The molecule has 3 aromatic heterocycles. The predicted octanol–water partition coefficient (Wildman–Crippen LogP) is 6.85. The fraction of sp³-hybridized carbons (Fsp3) is 0.528. The molecule has 3 atom stereocenters. The normalized spacial score (nSPS) is 23.6. The molecule has 48 heavy (non-hydrogen) atoms. The van der Waals surface area contributed by atoms with Crippen molar-refractivity contribution in [2.24, 2.45) is 5.41 Å². The van der Waals surface area contributed by atoms with Gasteiger partial charge in [-0.1, -0.05) is 24.3 Å². The number of hydrogen-bond donors (Lipinski definition) is 2. The lowest BCUT2D eigenvalue weighted by atomic mass is 9.66. The molecule has 2 saturated heterocycles. The van der Waals surface area contributed by atoms with Crippen molar-refractivity contribution in [2.45, 2.75) is 89.5 Å². The van der Waals surface area contributed by atoms with Crippen LogP contribution in [0.2, 0.25) is 0 Å². The van der Waals surface area contributed by atoms with Gasteiger partial charge in [0.1, 0.15) is 10.2 Å². The van der Waals surface area contributed by atoms with Crippen molar-refractivity contribution in [1.29, 1.82) is 0 Å². The van der Waals surface area contributed by atoms with Gasteiger partial charge in [-0.25, -0.2) is 19.4 Å². The van der Waals surface area contributed by atoms with E-state index in [1.807, 2.05) is 37.7 Å². The third kappa shape index (κ3) is 5.45. The van der Waals surface area contributed by atoms with Crippen LogP contribution in [0.15, 0.2) is 47.2 Å². The van der Waals surface area contributed by atoms with E-state index in [1.165, 1.54) is 0 Å². The Morgan fingerprint density at radius 3 is 2.67 bits per heavy atom. The average Bonchev–Trinajstić information content (AvgIpc) is 3.56. The van der Waals surface area contributed by atoms with E-state index >= 15 is 0 Å². The standard InChI is InChI=1S/C36H43BrN8O3/c1-35(2,3)48-34(46)42-30-23-11-5-4-10-22(23)27(36(30)15-18-38-19-16-36)28-31(37)40-29-32(41-28)45(26-14-6-7-21-47-26)43-33(29)44-20-9-12-24-25(44)13-8-17-39-24/h4-5,8,10-11,13,17,26-27,30,38H,6-7,9,12,14-16,18-21H2,1-3H3,(H,42,46)/t26?,27-,30+/m0/s1. The molecule has 0 saturated carbocycles. The largest absolute Gasteiger partial charge is 0.444 e. The molecule has 0 bridgehead atoms. The number of nitrogens with one attached hydrogen (secondary N) is 2. The van der Waals surface area contributed by atoms with Crippen LogP contribution in [0.1, 0.15) is 100.0 Å². The number of benzene rings is 1. The van der Waals surface area contributed by atoms with Gasteiger partial charge in [0.05, 0.1) is 23.1 Å². The van der Waals surface area contributed by atoms with Crippen molar-refractivity contribution in [3.8, 4) is 0 Å². The Labute approximate surface area is 289 Å². The van der Waals surface area contributed by atoms with Crippen LogP contribution >= 0.6 is 15.9 Å². The number of carbonyl (C=O) groups excluding carboxylic acids is 1. The molecule has 6 heterocycles. The van der Waals surface area contributed by atoms with Gasteiger partial charge in [-0.2, -0.15) is 0 Å². The quantitative estimate of drug-likeness (QED) is 0.234. The van der Waals surface area contributed by atoms with E-state index in [1.54, 1.807) is 0 Å². The van der Waals surface area contributed by atoms with Gasteiger partial charge in [0.15, 0.2) is 23.2 Å². The third-order valence-corrected chi connectivity index (χ3v) is 10.9. The summed E-state index contributed by atoms with van der Waals surface area (Å²) in [5.41, 5.74) is 5.77. The zero-order chi connectivity index (χ0) is 33.0. The number of aromatic nitrogens is 5. The summed E-state index contributed by atoms with van der Waals surface area (Å²) in [5.74, 6) is 0.654. The van der Waals surface area contributed by atoms with Crippen LogP contribution in [0.4, 0.5) is 16.3 Å². The molecule has 4 aliphatic rings. The molecule has 4 aromatic rings. The second-order valence-corrected chi connectivity index (χ2v) is 15.3. The predicted molar refractivity (Wildman–Crippen MR) is 186 cm³/mol. The number of carbonyl (C=O) groups is 1. The van der Waals surface area contributed by atoms with Crippen LogP contribution in [-0.2, 0) is 15.9 Å². The lowest BCUT2D eigenvalue weighted by molar-refractivity contribution is -0.0369. The van der Waals surface area contributed by atoms with Gasteiger partial charge in [0.25, 0.3) is 0 Å². The minimum atomic E-state index is -0.606. The van der Waals surface area contributed by atoms with Gasteiger partial charge in [0, 0.05) is 30.7 Å². The Morgan fingerprint density at radius 2 is 1.90 bits per heavy atom. The molecule has 1 aromatic carbocycles. The lowest BCUT2D eigenvalue weighted by Crippen LogP contribution is -2.48. The molecule has 1 amide bonds. The van der Waals surface area contributed by atoms with Gasteiger partial charge in [0.2, 0.25) is 0 Å². The van der Waals surface area contributed by atoms with E-state index in [0.29, 0.717) is 11.2 Å². The van der Waals surface area contributed by atoms with Crippen LogP contribution in [0.5, 0.6) is 0 Å². The first-order valence-corrected chi connectivity index (χ1v) is 18.1.